The Kier molecular flexibility index (Phi) is 4.88. The maximum Gasteiger partial charge on any atom is 0.302 e. The fourth-order valence-electron chi connectivity index (χ4n) is 7.30. The van der Waals surface area contributed by atoms with Crippen LogP contribution in [0.15, 0.2) is 11.6 Å². The Labute approximate surface area is 167 Å². The summed E-state index contributed by atoms with van der Waals surface area (Å²) in [5.74, 6) is 0.621. The van der Waals surface area contributed by atoms with Crippen LogP contribution in [0, 0.1) is 28.6 Å². The minimum absolute atomic E-state index is 0.0268. The molecule has 0 aromatic carbocycles. The lowest BCUT2D eigenvalue weighted by atomic mass is 9.47. The van der Waals surface area contributed by atoms with E-state index in [1.54, 1.807) is 0 Å². The second-order valence-corrected chi connectivity index (χ2v) is 10.1. The van der Waals surface area contributed by atoms with Crippen LogP contribution in [0.3, 0.4) is 0 Å². The number of hydrogen-bond acceptors (Lipinski definition) is 5. The quantitative estimate of drug-likeness (QED) is 0.574. The lowest BCUT2D eigenvalue weighted by Crippen LogP contribution is -2.55. The zero-order valence-corrected chi connectivity index (χ0v) is 17.6. The molecule has 3 unspecified atom stereocenters. The van der Waals surface area contributed by atoms with E-state index in [4.69, 9.17) is 9.47 Å². The average Bonchev–Trinajstić information content (AvgIpc) is 2.92. The third-order valence-electron chi connectivity index (χ3n) is 8.64. The van der Waals surface area contributed by atoms with Crippen molar-refractivity contribution in [2.75, 3.05) is 0 Å². The molecule has 0 radical (unpaired) electrons. The first-order valence-electron chi connectivity index (χ1n) is 10.9. The standard InChI is InChI=1S/C23H34O5/c1-13(24)27-16-7-9-22(3)15(11-16)12-19(26)21-17-5-6-20(28-14(2)25)23(17,4)10-8-18(21)22/h12,16-21,26H,5-11H2,1-4H3/t16?,17-,18+,19?,20?,21-,22-,23-/m0/s1. The number of aliphatic hydroxyl groups excluding tert-OH is 1. The van der Waals surface area contributed by atoms with Crippen molar-refractivity contribution in [1.82, 2.24) is 0 Å². The predicted molar refractivity (Wildman–Crippen MR) is 104 cm³/mol. The first-order chi connectivity index (χ1) is 13.1. The molecule has 3 saturated carbocycles. The maximum absolute atomic E-state index is 11.6. The number of carbonyl (C=O) groups excluding carboxylic acids is 2. The van der Waals surface area contributed by atoms with Crippen molar-refractivity contribution in [1.29, 1.82) is 0 Å². The minimum Gasteiger partial charge on any atom is -0.462 e. The Morgan fingerprint density at radius 3 is 2.39 bits per heavy atom. The van der Waals surface area contributed by atoms with Gasteiger partial charge in [-0.1, -0.05) is 25.5 Å². The number of ether oxygens (including phenoxy) is 2. The molecule has 156 valence electrons. The molecule has 0 saturated heterocycles. The molecule has 4 aliphatic carbocycles. The Hall–Kier alpha value is -1.36. The van der Waals surface area contributed by atoms with Gasteiger partial charge in [-0.25, -0.2) is 0 Å². The molecule has 0 aromatic rings. The van der Waals surface area contributed by atoms with Crippen LogP contribution in [0.1, 0.15) is 72.6 Å². The van der Waals surface area contributed by atoms with E-state index in [0.717, 1.165) is 44.9 Å². The minimum atomic E-state index is -0.468. The van der Waals surface area contributed by atoms with E-state index in [1.165, 1.54) is 19.4 Å². The van der Waals surface area contributed by atoms with Crippen molar-refractivity contribution >= 4 is 11.9 Å². The van der Waals surface area contributed by atoms with Crippen molar-refractivity contribution in [3.05, 3.63) is 11.6 Å². The summed E-state index contributed by atoms with van der Waals surface area (Å²) < 4.78 is 11.2. The van der Waals surface area contributed by atoms with Gasteiger partial charge < -0.3 is 14.6 Å². The van der Waals surface area contributed by atoms with Gasteiger partial charge in [0.1, 0.15) is 12.2 Å². The van der Waals surface area contributed by atoms with E-state index in [0.29, 0.717) is 11.8 Å². The maximum atomic E-state index is 11.6. The normalized spacial score (nSPS) is 47.2. The second-order valence-electron chi connectivity index (χ2n) is 10.1. The fourth-order valence-corrected chi connectivity index (χ4v) is 7.30. The summed E-state index contributed by atoms with van der Waals surface area (Å²) in [6, 6.07) is 0. The van der Waals surface area contributed by atoms with Gasteiger partial charge in [0.2, 0.25) is 0 Å². The topological polar surface area (TPSA) is 72.8 Å². The molecule has 4 rings (SSSR count). The lowest BCUT2D eigenvalue weighted by Gasteiger charge is -2.58. The summed E-state index contributed by atoms with van der Waals surface area (Å²) in [6.07, 6.45) is 8.17. The number of rotatable bonds is 2. The molecular formula is C23H34O5. The van der Waals surface area contributed by atoms with Crippen LogP contribution in [0.4, 0.5) is 0 Å². The van der Waals surface area contributed by atoms with Gasteiger partial charge >= 0.3 is 11.9 Å². The third-order valence-corrected chi connectivity index (χ3v) is 8.64. The number of aliphatic hydroxyl groups is 1. The number of fused-ring (bicyclic) bond motifs is 5. The molecule has 0 bridgehead atoms. The Morgan fingerprint density at radius 2 is 1.71 bits per heavy atom. The molecule has 5 nitrogen and oxygen atoms in total. The zero-order valence-electron chi connectivity index (χ0n) is 17.6. The van der Waals surface area contributed by atoms with E-state index >= 15 is 0 Å². The van der Waals surface area contributed by atoms with Crippen molar-refractivity contribution in [2.45, 2.75) is 91.0 Å². The molecule has 8 atom stereocenters. The van der Waals surface area contributed by atoms with Crippen molar-refractivity contribution in [3.8, 4) is 0 Å². The monoisotopic (exact) mass is 390 g/mol. The van der Waals surface area contributed by atoms with Gasteiger partial charge in [0.25, 0.3) is 0 Å². The first kappa shape index (κ1) is 19.9. The second kappa shape index (κ2) is 6.86. The highest BCUT2D eigenvalue weighted by Gasteiger charge is 2.61. The van der Waals surface area contributed by atoms with Crippen molar-refractivity contribution in [2.24, 2.45) is 28.6 Å². The van der Waals surface area contributed by atoms with Crippen LogP contribution in [0.5, 0.6) is 0 Å². The van der Waals surface area contributed by atoms with E-state index in [-0.39, 0.29) is 40.9 Å². The Bertz CT molecular complexity index is 699. The summed E-state index contributed by atoms with van der Waals surface area (Å²) in [6.45, 7) is 7.58. The molecule has 3 fully saturated rings. The number of esters is 2. The number of hydrogen-bond donors (Lipinski definition) is 1. The molecule has 0 spiro atoms. The summed E-state index contributed by atoms with van der Waals surface area (Å²) in [5, 5.41) is 11.2. The number of carbonyl (C=O) groups is 2. The zero-order chi connectivity index (χ0) is 20.3. The molecule has 0 aliphatic heterocycles. The smallest absolute Gasteiger partial charge is 0.302 e. The highest BCUT2D eigenvalue weighted by molar-refractivity contribution is 5.66. The van der Waals surface area contributed by atoms with Crippen LogP contribution >= 0.6 is 0 Å². The van der Waals surface area contributed by atoms with Crippen LogP contribution in [-0.4, -0.2) is 35.4 Å². The molecule has 0 aromatic heterocycles. The Balaban J connectivity index is 1.61. The summed E-state index contributed by atoms with van der Waals surface area (Å²) in [7, 11) is 0. The molecule has 28 heavy (non-hydrogen) atoms. The highest BCUT2D eigenvalue weighted by atomic mass is 16.5. The van der Waals surface area contributed by atoms with Gasteiger partial charge in [0.15, 0.2) is 0 Å². The predicted octanol–water partition coefficient (Wildman–Crippen LogP) is 3.78. The van der Waals surface area contributed by atoms with Gasteiger partial charge in [-0.3, -0.25) is 9.59 Å². The first-order valence-corrected chi connectivity index (χ1v) is 10.9. The molecule has 1 N–H and O–H groups in total. The summed E-state index contributed by atoms with van der Waals surface area (Å²) >= 11 is 0. The molecule has 0 heterocycles. The molecule has 5 heteroatoms. The molecular weight excluding hydrogens is 356 g/mol. The lowest BCUT2D eigenvalue weighted by molar-refractivity contribution is -0.159. The van der Waals surface area contributed by atoms with Crippen molar-refractivity contribution < 1.29 is 24.2 Å². The average molecular weight is 391 g/mol. The van der Waals surface area contributed by atoms with Gasteiger partial charge in [0.05, 0.1) is 6.10 Å². The molecule has 0 amide bonds. The molecule has 4 aliphatic rings. The highest BCUT2D eigenvalue weighted by Crippen LogP contribution is 2.65. The third kappa shape index (κ3) is 3.01. The van der Waals surface area contributed by atoms with E-state index in [9.17, 15) is 14.7 Å². The van der Waals surface area contributed by atoms with Crippen LogP contribution < -0.4 is 0 Å². The van der Waals surface area contributed by atoms with Crippen LogP contribution in [0.25, 0.3) is 0 Å². The van der Waals surface area contributed by atoms with E-state index < -0.39 is 6.10 Å². The summed E-state index contributed by atoms with van der Waals surface area (Å²) in [4.78, 5) is 23.0. The van der Waals surface area contributed by atoms with Crippen LogP contribution in [0.2, 0.25) is 0 Å². The van der Waals surface area contributed by atoms with Gasteiger partial charge in [-0.2, -0.15) is 0 Å². The van der Waals surface area contributed by atoms with E-state index in [1.807, 2.05) is 0 Å². The van der Waals surface area contributed by atoms with Crippen molar-refractivity contribution in [3.63, 3.8) is 0 Å². The van der Waals surface area contributed by atoms with E-state index in [2.05, 4.69) is 19.9 Å². The SMILES string of the molecule is CC(=O)OC1CC[C@@]2(C)C(=CC(O)[C@@H]3[C@H]2CC[C@]2(C)C(OC(C)=O)CC[C@@H]32)C1. The summed E-state index contributed by atoms with van der Waals surface area (Å²) in [5.41, 5.74) is 1.31. The largest absolute Gasteiger partial charge is 0.462 e. The van der Waals surface area contributed by atoms with Crippen LogP contribution in [-0.2, 0) is 19.1 Å². The van der Waals surface area contributed by atoms with Gasteiger partial charge in [-0.05, 0) is 61.7 Å². The van der Waals surface area contributed by atoms with Gasteiger partial charge in [-0.15, -0.1) is 0 Å². The Morgan fingerprint density at radius 1 is 1.00 bits per heavy atom. The van der Waals surface area contributed by atoms with Gasteiger partial charge in [0, 0.05) is 25.7 Å². The fraction of sp³-hybridized carbons (Fsp3) is 0.826.